The van der Waals surface area contributed by atoms with Gasteiger partial charge in [-0.2, -0.15) is 4.80 Å². The lowest BCUT2D eigenvalue weighted by Gasteiger charge is -2.17. The van der Waals surface area contributed by atoms with Crippen molar-refractivity contribution < 1.29 is 0 Å². The average Bonchev–Trinajstić information content (AvgIpc) is 2.73. The summed E-state index contributed by atoms with van der Waals surface area (Å²) in [5.74, 6) is 0.751. The Balaban J connectivity index is 2.23. The Kier molecular flexibility index (Phi) is 4.21. The molecule has 6 nitrogen and oxygen atoms in total. The number of hydrogen-bond donors (Lipinski definition) is 1. The van der Waals surface area contributed by atoms with Crippen LogP contribution in [0.25, 0.3) is 0 Å². The molecule has 2 aromatic rings. The summed E-state index contributed by atoms with van der Waals surface area (Å²) in [6.45, 7) is 7.02. The second-order valence-corrected chi connectivity index (χ2v) is 4.69. The Morgan fingerprint density at radius 1 is 1.26 bits per heavy atom. The zero-order chi connectivity index (χ0) is 13.8. The van der Waals surface area contributed by atoms with Crippen LogP contribution in [0.1, 0.15) is 35.7 Å². The van der Waals surface area contributed by atoms with Crippen LogP contribution in [0.15, 0.2) is 12.1 Å². The predicted octanol–water partition coefficient (Wildman–Crippen LogP) is 1.12. The van der Waals surface area contributed by atoms with Crippen LogP contribution in [-0.4, -0.2) is 31.7 Å². The van der Waals surface area contributed by atoms with Gasteiger partial charge >= 0.3 is 0 Å². The molecular formula is C13H20N6. The Morgan fingerprint density at radius 2 is 1.95 bits per heavy atom. The number of tetrazole rings is 1. The first-order valence-electron chi connectivity index (χ1n) is 6.50. The number of nitrogens with zero attached hydrogens (tertiary/aromatic N) is 5. The van der Waals surface area contributed by atoms with E-state index in [1.807, 2.05) is 13.8 Å². The van der Waals surface area contributed by atoms with E-state index in [4.69, 9.17) is 0 Å². The normalized spacial score (nSPS) is 12.6. The number of nitrogens with one attached hydrogen (secondary N) is 1. The second-order valence-electron chi connectivity index (χ2n) is 4.69. The zero-order valence-electron chi connectivity index (χ0n) is 11.9. The topological polar surface area (TPSA) is 68.5 Å². The van der Waals surface area contributed by atoms with Crippen molar-refractivity contribution in [1.82, 2.24) is 30.5 Å². The van der Waals surface area contributed by atoms with Crippen LogP contribution in [0.5, 0.6) is 0 Å². The lowest BCUT2D eigenvalue weighted by atomic mass is 10.0. The van der Waals surface area contributed by atoms with E-state index in [1.54, 1.807) is 7.05 Å². The zero-order valence-corrected chi connectivity index (χ0v) is 11.9. The maximum absolute atomic E-state index is 4.41. The molecule has 0 amide bonds. The molecule has 0 aliphatic rings. The van der Waals surface area contributed by atoms with Gasteiger partial charge in [0.2, 0.25) is 0 Å². The Bertz CT molecular complexity index is 528. The Hall–Kier alpha value is -1.82. The van der Waals surface area contributed by atoms with E-state index in [2.05, 4.69) is 44.8 Å². The van der Waals surface area contributed by atoms with Crippen LogP contribution in [0, 0.1) is 13.8 Å². The maximum Gasteiger partial charge on any atom is 0.176 e. The Labute approximate surface area is 113 Å². The first kappa shape index (κ1) is 13.6. The fraction of sp³-hybridized carbons (Fsp3) is 0.538. The first-order chi connectivity index (χ1) is 9.08. The van der Waals surface area contributed by atoms with Gasteiger partial charge in [0.25, 0.3) is 0 Å². The smallest absolute Gasteiger partial charge is 0.176 e. The molecule has 19 heavy (non-hydrogen) atoms. The van der Waals surface area contributed by atoms with Gasteiger partial charge < -0.3 is 5.32 Å². The molecule has 1 atom stereocenters. The monoisotopic (exact) mass is 260 g/mol. The molecule has 0 fully saturated rings. The summed E-state index contributed by atoms with van der Waals surface area (Å²) in [6.07, 6.45) is 0.727. The van der Waals surface area contributed by atoms with Crippen molar-refractivity contribution in [3.05, 3.63) is 34.9 Å². The van der Waals surface area contributed by atoms with Gasteiger partial charge in [-0.25, -0.2) is 0 Å². The summed E-state index contributed by atoms with van der Waals surface area (Å²) in [5, 5.41) is 15.6. The molecule has 1 N–H and O–H groups in total. The van der Waals surface area contributed by atoms with E-state index in [0.29, 0.717) is 0 Å². The van der Waals surface area contributed by atoms with Crippen molar-refractivity contribution in [3.63, 3.8) is 0 Å². The van der Waals surface area contributed by atoms with Gasteiger partial charge in [0, 0.05) is 23.9 Å². The van der Waals surface area contributed by atoms with Gasteiger partial charge in [-0.1, -0.05) is 6.92 Å². The highest BCUT2D eigenvalue weighted by Crippen LogP contribution is 2.18. The molecule has 6 heteroatoms. The maximum atomic E-state index is 4.41. The molecular weight excluding hydrogens is 240 g/mol. The molecule has 0 aromatic carbocycles. The fourth-order valence-corrected chi connectivity index (χ4v) is 2.21. The van der Waals surface area contributed by atoms with Crippen LogP contribution in [0.3, 0.4) is 0 Å². The van der Waals surface area contributed by atoms with Crippen LogP contribution < -0.4 is 5.32 Å². The van der Waals surface area contributed by atoms with Gasteiger partial charge in [-0.3, -0.25) is 4.98 Å². The number of hydrogen-bond acceptors (Lipinski definition) is 5. The molecule has 0 saturated carbocycles. The molecule has 0 radical (unpaired) electrons. The fourth-order valence-electron chi connectivity index (χ4n) is 2.21. The summed E-state index contributed by atoms with van der Waals surface area (Å²) >= 11 is 0. The van der Waals surface area contributed by atoms with Crippen LogP contribution in [0.2, 0.25) is 0 Å². The molecule has 1 unspecified atom stereocenters. The summed E-state index contributed by atoms with van der Waals surface area (Å²) in [5.41, 5.74) is 3.29. The van der Waals surface area contributed by atoms with Crippen LogP contribution in [0.4, 0.5) is 0 Å². The minimum atomic E-state index is 0.189. The first-order valence-corrected chi connectivity index (χ1v) is 6.50. The molecule has 2 heterocycles. The van der Waals surface area contributed by atoms with Crippen LogP contribution >= 0.6 is 0 Å². The van der Waals surface area contributed by atoms with E-state index >= 15 is 0 Å². The van der Waals surface area contributed by atoms with Gasteiger partial charge in [0.1, 0.15) is 0 Å². The third-order valence-corrected chi connectivity index (χ3v) is 2.89. The molecule has 0 saturated heterocycles. The molecule has 2 aromatic heterocycles. The predicted molar refractivity (Wildman–Crippen MR) is 72.6 cm³/mol. The number of pyridine rings is 1. The number of aryl methyl sites for hydroxylation is 3. The summed E-state index contributed by atoms with van der Waals surface area (Å²) < 4.78 is 0. The minimum absolute atomic E-state index is 0.189. The van der Waals surface area contributed by atoms with E-state index < -0.39 is 0 Å². The highest BCUT2D eigenvalue weighted by Gasteiger charge is 2.15. The molecule has 2 rings (SSSR count). The standard InChI is InChI=1S/C13H20N6/c1-5-14-12(8-13-16-18-19(4)17-13)11-6-9(2)15-10(3)7-11/h6-7,12,14H,5,8H2,1-4H3. The SMILES string of the molecule is CCNC(Cc1nnn(C)n1)c1cc(C)nc(C)c1. The molecule has 0 aliphatic heterocycles. The van der Waals surface area contributed by atoms with E-state index in [0.717, 1.165) is 30.2 Å². The summed E-state index contributed by atoms with van der Waals surface area (Å²) in [7, 11) is 1.78. The third kappa shape index (κ3) is 3.57. The lowest BCUT2D eigenvalue weighted by Crippen LogP contribution is -2.24. The summed E-state index contributed by atoms with van der Waals surface area (Å²) in [4.78, 5) is 5.90. The molecule has 0 aliphatic carbocycles. The highest BCUT2D eigenvalue weighted by molar-refractivity contribution is 5.24. The van der Waals surface area contributed by atoms with Crippen molar-refractivity contribution in [2.45, 2.75) is 33.2 Å². The van der Waals surface area contributed by atoms with Crippen molar-refractivity contribution in [2.75, 3.05) is 6.54 Å². The van der Waals surface area contributed by atoms with Crippen molar-refractivity contribution >= 4 is 0 Å². The molecule has 102 valence electrons. The van der Waals surface area contributed by atoms with Crippen molar-refractivity contribution in [1.29, 1.82) is 0 Å². The van der Waals surface area contributed by atoms with Crippen molar-refractivity contribution in [3.8, 4) is 0 Å². The third-order valence-electron chi connectivity index (χ3n) is 2.89. The Morgan fingerprint density at radius 3 is 2.47 bits per heavy atom. The second kappa shape index (κ2) is 5.88. The van der Waals surface area contributed by atoms with Gasteiger partial charge in [0.05, 0.1) is 7.05 Å². The van der Waals surface area contributed by atoms with Gasteiger partial charge in [0.15, 0.2) is 5.82 Å². The lowest BCUT2D eigenvalue weighted by molar-refractivity contribution is 0.533. The van der Waals surface area contributed by atoms with Crippen LogP contribution in [-0.2, 0) is 13.5 Å². The number of likely N-dealkylation sites (N-methyl/N-ethyl adjacent to an activating group) is 1. The highest BCUT2D eigenvalue weighted by atomic mass is 15.6. The van der Waals surface area contributed by atoms with Crippen molar-refractivity contribution in [2.24, 2.45) is 7.05 Å². The largest absolute Gasteiger partial charge is 0.310 e. The molecule has 0 bridgehead atoms. The number of rotatable bonds is 5. The average molecular weight is 260 g/mol. The number of aromatic nitrogens is 5. The van der Waals surface area contributed by atoms with Gasteiger partial charge in [-0.05, 0) is 43.3 Å². The van der Waals surface area contributed by atoms with Gasteiger partial charge in [-0.15, -0.1) is 10.2 Å². The minimum Gasteiger partial charge on any atom is -0.310 e. The van der Waals surface area contributed by atoms with E-state index in [-0.39, 0.29) is 6.04 Å². The molecule has 0 spiro atoms. The quantitative estimate of drug-likeness (QED) is 0.872. The van der Waals surface area contributed by atoms with E-state index in [9.17, 15) is 0 Å². The van der Waals surface area contributed by atoms with E-state index in [1.165, 1.54) is 10.4 Å². The summed E-state index contributed by atoms with van der Waals surface area (Å²) in [6, 6.07) is 4.41.